The van der Waals surface area contributed by atoms with Gasteiger partial charge in [0, 0.05) is 12.6 Å². The van der Waals surface area contributed by atoms with Crippen molar-refractivity contribution in [3.63, 3.8) is 0 Å². The molecule has 1 aromatic carbocycles. The molecule has 0 bridgehead atoms. The van der Waals surface area contributed by atoms with Crippen LogP contribution in [0.25, 0.3) is 0 Å². The van der Waals surface area contributed by atoms with E-state index < -0.39 is 11.9 Å². The van der Waals surface area contributed by atoms with Gasteiger partial charge in [0.2, 0.25) is 0 Å². The number of rotatable bonds is 4. The number of carboxylic acids is 1. The topological polar surface area (TPSA) is 49.8 Å². The van der Waals surface area contributed by atoms with E-state index in [2.05, 4.69) is 4.90 Å². The van der Waals surface area contributed by atoms with Gasteiger partial charge in [-0.3, -0.25) is 9.69 Å². The van der Waals surface area contributed by atoms with Gasteiger partial charge < -0.3 is 9.84 Å². The van der Waals surface area contributed by atoms with Crippen LogP contribution in [-0.4, -0.2) is 42.3 Å². The van der Waals surface area contributed by atoms with Crippen molar-refractivity contribution in [2.24, 2.45) is 5.92 Å². The molecule has 1 saturated heterocycles. The molecule has 2 atom stereocenters. The molecule has 1 heterocycles. The number of aliphatic carboxylic acids is 1. The van der Waals surface area contributed by atoms with Crippen LogP contribution in [0.5, 0.6) is 0 Å². The summed E-state index contributed by atoms with van der Waals surface area (Å²) < 4.78 is 5.27. The summed E-state index contributed by atoms with van der Waals surface area (Å²) in [6, 6.07) is 10.0. The fourth-order valence-corrected chi connectivity index (χ4v) is 2.20. The second-order valence-corrected chi connectivity index (χ2v) is 4.45. The van der Waals surface area contributed by atoms with E-state index in [9.17, 15) is 4.79 Å². The third kappa shape index (κ3) is 2.84. The van der Waals surface area contributed by atoms with Gasteiger partial charge in [0.25, 0.3) is 0 Å². The predicted octanol–water partition coefficient (Wildman–Crippen LogP) is 1.22. The van der Waals surface area contributed by atoms with Crippen LogP contribution in [0.2, 0.25) is 0 Å². The van der Waals surface area contributed by atoms with Crippen LogP contribution in [0.3, 0.4) is 0 Å². The third-order valence-electron chi connectivity index (χ3n) is 3.21. The molecule has 0 spiro atoms. The van der Waals surface area contributed by atoms with Gasteiger partial charge in [0.1, 0.15) is 0 Å². The first kappa shape index (κ1) is 12.1. The molecule has 1 fully saturated rings. The van der Waals surface area contributed by atoms with Crippen LogP contribution in [0.15, 0.2) is 30.3 Å². The lowest BCUT2D eigenvalue weighted by molar-refractivity contribution is -0.143. The summed E-state index contributed by atoms with van der Waals surface area (Å²) in [6.45, 7) is 1.57. The van der Waals surface area contributed by atoms with Crippen LogP contribution >= 0.6 is 0 Å². The van der Waals surface area contributed by atoms with E-state index in [-0.39, 0.29) is 6.04 Å². The van der Waals surface area contributed by atoms with E-state index in [1.807, 2.05) is 37.4 Å². The van der Waals surface area contributed by atoms with Crippen LogP contribution in [0, 0.1) is 5.92 Å². The van der Waals surface area contributed by atoms with Gasteiger partial charge in [-0.2, -0.15) is 0 Å². The Morgan fingerprint density at radius 2 is 2.12 bits per heavy atom. The fraction of sp³-hybridized carbons (Fsp3) is 0.462. The van der Waals surface area contributed by atoms with Gasteiger partial charge in [-0.15, -0.1) is 0 Å². The van der Waals surface area contributed by atoms with Gasteiger partial charge in [0.15, 0.2) is 0 Å². The number of carbonyl (C=O) groups is 1. The number of hydrogen-bond acceptors (Lipinski definition) is 3. The zero-order valence-electron chi connectivity index (χ0n) is 9.87. The molecule has 2 rings (SSSR count). The van der Waals surface area contributed by atoms with Crippen molar-refractivity contribution in [2.45, 2.75) is 12.6 Å². The second-order valence-electron chi connectivity index (χ2n) is 4.45. The lowest BCUT2D eigenvalue weighted by Crippen LogP contribution is -2.40. The lowest BCUT2D eigenvalue weighted by Gasteiger charge is -2.26. The Balaban J connectivity index is 2.00. The molecule has 17 heavy (non-hydrogen) atoms. The van der Waals surface area contributed by atoms with E-state index in [1.165, 1.54) is 5.56 Å². The van der Waals surface area contributed by atoms with E-state index in [4.69, 9.17) is 9.84 Å². The van der Waals surface area contributed by atoms with Crippen LogP contribution in [0.1, 0.15) is 5.56 Å². The molecule has 1 aliphatic rings. The summed E-state index contributed by atoms with van der Waals surface area (Å²) in [5.74, 6) is -1.18. The average Bonchev–Trinajstić information content (AvgIpc) is 2.79. The van der Waals surface area contributed by atoms with Gasteiger partial charge in [-0.1, -0.05) is 30.3 Å². The number of ether oxygens (including phenoxy) is 1. The second kappa shape index (κ2) is 5.29. The first-order valence-corrected chi connectivity index (χ1v) is 5.73. The Morgan fingerprint density at radius 3 is 2.76 bits per heavy atom. The van der Waals surface area contributed by atoms with Gasteiger partial charge in [0.05, 0.1) is 19.1 Å². The van der Waals surface area contributed by atoms with E-state index in [1.54, 1.807) is 0 Å². The average molecular weight is 235 g/mol. The monoisotopic (exact) mass is 235 g/mol. The van der Waals surface area contributed by atoms with Crippen molar-refractivity contribution in [3.05, 3.63) is 35.9 Å². The quantitative estimate of drug-likeness (QED) is 0.852. The molecule has 4 nitrogen and oxygen atoms in total. The fourth-order valence-electron chi connectivity index (χ4n) is 2.20. The van der Waals surface area contributed by atoms with Crippen LogP contribution in [0.4, 0.5) is 0 Å². The Hall–Kier alpha value is -1.39. The number of carboxylic acid groups (broad SMARTS) is 1. The minimum absolute atomic E-state index is 0.0345. The number of nitrogens with zero attached hydrogens (tertiary/aromatic N) is 1. The highest BCUT2D eigenvalue weighted by atomic mass is 16.5. The van der Waals surface area contributed by atoms with Crippen molar-refractivity contribution in [1.29, 1.82) is 0 Å². The minimum Gasteiger partial charge on any atom is -0.481 e. The molecule has 0 amide bonds. The summed E-state index contributed by atoms with van der Waals surface area (Å²) in [5, 5.41) is 9.09. The largest absolute Gasteiger partial charge is 0.481 e. The number of hydrogen-bond donors (Lipinski definition) is 1. The van der Waals surface area contributed by atoms with Gasteiger partial charge in [-0.25, -0.2) is 0 Å². The van der Waals surface area contributed by atoms with Gasteiger partial charge in [-0.05, 0) is 12.6 Å². The minimum atomic E-state index is -0.771. The van der Waals surface area contributed by atoms with Crippen molar-refractivity contribution >= 4 is 5.97 Å². The molecule has 4 heteroatoms. The van der Waals surface area contributed by atoms with E-state index in [0.717, 1.165) is 6.54 Å². The number of benzene rings is 1. The highest BCUT2D eigenvalue weighted by Gasteiger charge is 2.36. The van der Waals surface area contributed by atoms with Crippen molar-refractivity contribution < 1.29 is 14.6 Å². The Morgan fingerprint density at radius 1 is 1.41 bits per heavy atom. The van der Waals surface area contributed by atoms with E-state index in [0.29, 0.717) is 13.2 Å². The molecular weight excluding hydrogens is 218 g/mol. The Bertz CT molecular complexity index is 380. The maximum atomic E-state index is 11.1. The Kier molecular flexibility index (Phi) is 3.76. The summed E-state index contributed by atoms with van der Waals surface area (Å²) in [5.41, 5.74) is 1.19. The third-order valence-corrected chi connectivity index (χ3v) is 3.21. The predicted molar refractivity (Wildman–Crippen MR) is 63.6 cm³/mol. The highest BCUT2D eigenvalue weighted by Crippen LogP contribution is 2.20. The Labute approximate surface area is 101 Å². The van der Waals surface area contributed by atoms with Crippen LogP contribution in [-0.2, 0) is 16.1 Å². The van der Waals surface area contributed by atoms with Crippen LogP contribution < -0.4 is 0 Å². The van der Waals surface area contributed by atoms with Crippen molar-refractivity contribution in [3.8, 4) is 0 Å². The lowest BCUT2D eigenvalue weighted by atomic mass is 10.0. The zero-order valence-corrected chi connectivity index (χ0v) is 9.87. The highest BCUT2D eigenvalue weighted by molar-refractivity contribution is 5.71. The molecule has 0 radical (unpaired) electrons. The molecule has 1 aliphatic heterocycles. The summed E-state index contributed by atoms with van der Waals surface area (Å²) in [7, 11) is 1.95. The molecule has 0 aromatic heterocycles. The smallest absolute Gasteiger partial charge is 0.310 e. The van der Waals surface area contributed by atoms with Crippen molar-refractivity contribution in [2.75, 3.05) is 20.3 Å². The zero-order chi connectivity index (χ0) is 12.3. The molecule has 92 valence electrons. The SMILES string of the molecule is CN(Cc1ccccc1)C1COCC1C(=O)O. The molecule has 1 N–H and O–H groups in total. The normalized spacial score (nSPS) is 24.1. The maximum absolute atomic E-state index is 11.1. The summed E-state index contributed by atoms with van der Waals surface area (Å²) >= 11 is 0. The molecule has 2 unspecified atom stereocenters. The molecular formula is C13H17NO3. The standard InChI is InChI=1S/C13H17NO3/c1-14(7-10-5-3-2-4-6-10)12-9-17-8-11(12)13(15)16/h2-6,11-12H,7-9H2,1H3,(H,15,16). The summed E-state index contributed by atoms with van der Waals surface area (Å²) in [6.07, 6.45) is 0. The first-order chi connectivity index (χ1) is 8.18. The molecule has 0 saturated carbocycles. The summed E-state index contributed by atoms with van der Waals surface area (Å²) in [4.78, 5) is 13.1. The molecule has 1 aromatic rings. The van der Waals surface area contributed by atoms with Crippen molar-refractivity contribution in [1.82, 2.24) is 4.90 Å². The molecule has 0 aliphatic carbocycles. The van der Waals surface area contributed by atoms with Gasteiger partial charge >= 0.3 is 5.97 Å². The number of likely N-dealkylation sites (N-methyl/N-ethyl adjacent to an activating group) is 1. The van der Waals surface area contributed by atoms with E-state index >= 15 is 0 Å². The maximum Gasteiger partial charge on any atom is 0.310 e. The first-order valence-electron chi connectivity index (χ1n) is 5.73.